The van der Waals surface area contributed by atoms with Crippen molar-refractivity contribution in [3.8, 4) is 0 Å². The third kappa shape index (κ3) is 3.56. The van der Waals surface area contributed by atoms with Gasteiger partial charge in [-0.2, -0.15) is 0 Å². The summed E-state index contributed by atoms with van der Waals surface area (Å²) < 4.78 is 0. The van der Waals surface area contributed by atoms with Gasteiger partial charge in [0.15, 0.2) is 0 Å². The van der Waals surface area contributed by atoms with Gasteiger partial charge >= 0.3 is 0 Å². The topological polar surface area (TPSA) is 12.4 Å². The van der Waals surface area contributed by atoms with E-state index in [1.54, 1.807) is 5.56 Å². The van der Waals surface area contributed by atoms with E-state index < -0.39 is 0 Å². The summed E-state index contributed by atoms with van der Waals surface area (Å²) in [5.41, 5.74) is 7.29. The van der Waals surface area contributed by atoms with Crippen LogP contribution in [-0.4, -0.2) is 11.8 Å². The zero-order valence-corrected chi connectivity index (χ0v) is 16.3. The second kappa shape index (κ2) is 7.15. The standard InChI is InChI=1S/C24H31N/c1-6-17-14-11-15-20(19(17)7-2)21-16-22(18-12-9-8-10-13-18)25-23(21)24(3,4)5/h8-15,21,23H,6-7,16H2,1-5H3. The Morgan fingerprint density at radius 3 is 2.24 bits per heavy atom. The van der Waals surface area contributed by atoms with Gasteiger partial charge in [0, 0.05) is 11.6 Å². The molecule has 0 aliphatic carbocycles. The van der Waals surface area contributed by atoms with E-state index in [1.165, 1.54) is 22.4 Å². The molecule has 2 aromatic carbocycles. The molecule has 1 aliphatic heterocycles. The maximum absolute atomic E-state index is 5.23. The highest BCUT2D eigenvalue weighted by molar-refractivity contribution is 6.02. The van der Waals surface area contributed by atoms with Crippen molar-refractivity contribution in [1.82, 2.24) is 0 Å². The second-order valence-corrected chi connectivity index (χ2v) is 8.26. The molecule has 1 heteroatoms. The largest absolute Gasteiger partial charge is 0.285 e. The number of hydrogen-bond acceptors (Lipinski definition) is 1. The number of hydrogen-bond donors (Lipinski definition) is 0. The lowest BCUT2D eigenvalue weighted by Gasteiger charge is -2.32. The molecule has 2 aromatic rings. The van der Waals surface area contributed by atoms with Crippen LogP contribution >= 0.6 is 0 Å². The van der Waals surface area contributed by atoms with Crippen LogP contribution in [0.2, 0.25) is 0 Å². The van der Waals surface area contributed by atoms with E-state index in [4.69, 9.17) is 4.99 Å². The zero-order chi connectivity index (χ0) is 18.0. The first kappa shape index (κ1) is 17.9. The quantitative estimate of drug-likeness (QED) is 0.631. The Morgan fingerprint density at radius 2 is 1.64 bits per heavy atom. The van der Waals surface area contributed by atoms with Crippen molar-refractivity contribution in [3.63, 3.8) is 0 Å². The van der Waals surface area contributed by atoms with Gasteiger partial charge in [-0.05, 0) is 46.9 Å². The van der Waals surface area contributed by atoms with Gasteiger partial charge in [0.25, 0.3) is 0 Å². The van der Waals surface area contributed by atoms with Gasteiger partial charge in [-0.3, -0.25) is 4.99 Å². The van der Waals surface area contributed by atoms with Crippen LogP contribution < -0.4 is 0 Å². The molecule has 0 N–H and O–H groups in total. The molecule has 1 aliphatic rings. The van der Waals surface area contributed by atoms with Crippen LogP contribution in [0.1, 0.15) is 69.2 Å². The van der Waals surface area contributed by atoms with E-state index in [0.29, 0.717) is 12.0 Å². The van der Waals surface area contributed by atoms with Crippen molar-refractivity contribution in [2.24, 2.45) is 10.4 Å². The molecule has 25 heavy (non-hydrogen) atoms. The predicted molar refractivity (Wildman–Crippen MR) is 109 cm³/mol. The summed E-state index contributed by atoms with van der Waals surface area (Å²) in [6.45, 7) is 11.5. The van der Waals surface area contributed by atoms with Crippen LogP contribution in [-0.2, 0) is 12.8 Å². The number of rotatable bonds is 4. The highest BCUT2D eigenvalue weighted by atomic mass is 14.9. The molecule has 2 atom stereocenters. The lowest BCUT2D eigenvalue weighted by atomic mass is 9.74. The van der Waals surface area contributed by atoms with Crippen molar-refractivity contribution in [2.45, 2.75) is 65.8 Å². The lowest BCUT2D eigenvalue weighted by molar-refractivity contribution is 0.296. The van der Waals surface area contributed by atoms with Gasteiger partial charge < -0.3 is 0 Å². The number of aliphatic imine (C=N–C) groups is 1. The van der Waals surface area contributed by atoms with E-state index in [9.17, 15) is 0 Å². The summed E-state index contributed by atoms with van der Waals surface area (Å²) >= 11 is 0. The monoisotopic (exact) mass is 333 g/mol. The zero-order valence-electron chi connectivity index (χ0n) is 16.3. The normalized spacial score (nSPS) is 20.6. The van der Waals surface area contributed by atoms with Gasteiger partial charge in [0.2, 0.25) is 0 Å². The van der Waals surface area contributed by atoms with Crippen molar-refractivity contribution < 1.29 is 0 Å². The maximum atomic E-state index is 5.23. The summed E-state index contributed by atoms with van der Waals surface area (Å²) in [7, 11) is 0. The summed E-state index contributed by atoms with van der Waals surface area (Å²) in [6.07, 6.45) is 3.26. The molecule has 0 spiro atoms. The van der Waals surface area contributed by atoms with Gasteiger partial charge in [0.1, 0.15) is 0 Å². The van der Waals surface area contributed by atoms with Crippen LogP contribution in [0, 0.1) is 5.41 Å². The fourth-order valence-electron chi connectivity index (χ4n) is 4.29. The molecule has 0 saturated carbocycles. The van der Waals surface area contributed by atoms with E-state index in [1.807, 2.05) is 0 Å². The average molecular weight is 334 g/mol. The maximum Gasteiger partial charge on any atom is 0.0623 e. The van der Waals surface area contributed by atoms with Crippen molar-refractivity contribution in [2.75, 3.05) is 0 Å². The average Bonchev–Trinajstić information content (AvgIpc) is 3.07. The molecule has 0 amide bonds. The minimum atomic E-state index is 0.161. The van der Waals surface area contributed by atoms with Crippen molar-refractivity contribution >= 4 is 5.71 Å². The molecule has 132 valence electrons. The summed E-state index contributed by atoms with van der Waals surface area (Å²) in [4.78, 5) is 5.23. The summed E-state index contributed by atoms with van der Waals surface area (Å²) in [6, 6.07) is 17.9. The minimum absolute atomic E-state index is 0.161. The molecule has 0 fully saturated rings. The minimum Gasteiger partial charge on any atom is -0.285 e. The Morgan fingerprint density at radius 1 is 0.920 bits per heavy atom. The third-order valence-electron chi connectivity index (χ3n) is 5.53. The highest BCUT2D eigenvalue weighted by Gasteiger charge is 2.39. The Labute approximate surface area is 153 Å². The first-order valence-electron chi connectivity index (χ1n) is 9.68. The van der Waals surface area contributed by atoms with Crippen LogP contribution in [0.25, 0.3) is 0 Å². The molecule has 0 radical (unpaired) electrons. The molecule has 0 aromatic heterocycles. The van der Waals surface area contributed by atoms with Crippen LogP contribution in [0.3, 0.4) is 0 Å². The van der Waals surface area contributed by atoms with Gasteiger partial charge in [-0.15, -0.1) is 0 Å². The fourth-order valence-corrected chi connectivity index (χ4v) is 4.29. The number of benzene rings is 2. The third-order valence-corrected chi connectivity index (χ3v) is 5.53. The Balaban J connectivity index is 2.05. The molecule has 0 saturated heterocycles. The van der Waals surface area contributed by atoms with E-state index in [-0.39, 0.29) is 5.41 Å². The second-order valence-electron chi connectivity index (χ2n) is 8.26. The molecular formula is C24H31N. The van der Waals surface area contributed by atoms with E-state index >= 15 is 0 Å². The first-order chi connectivity index (χ1) is 12.0. The van der Waals surface area contributed by atoms with Crippen LogP contribution in [0.15, 0.2) is 53.5 Å². The molecular weight excluding hydrogens is 302 g/mol. The van der Waals surface area contributed by atoms with Gasteiger partial charge in [-0.1, -0.05) is 83.1 Å². The Hall–Kier alpha value is -1.89. The highest BCUT2D eigenvalue weighted by Crippen LogP contribution is 2.43. The van der Waals surface area contributed by atoms with Crippen LogP contribution in [0.4, 0.5) is 0 Å². The first-order valence-corrected chi connectivity index (χ1v) is 9.68. The molecule has 1 heterocycles. The number of nitrogens with zero attached hydrogens (tertiary/aromatic N) is 1. The molecule has 1 nitrogen and oxygen atoms in total. The fraction of sp³-hybridized carbons (Fsp3) is 0.458. The van der Waals surface area contributed by atoms with E-state index in [2.05, 4.69) is 83.1 Å². The van der Waals surface area contributed by atoms with Crippen molar-refractivity contribution in [1.29, 1.82) is 0 Å². The smallest absolute Gasteiger partial charge is 0.0623 e. The summed E-state index contributed by atoms with van der Waals surface area (Å²) in [5, 5.41) is 0. The van der Waals surface area contributed by atoms with Gasteiger partial charge in [-0.25, -0.2) is 0 Å². The molecule has 0 bridgehead atoms. The van der Waals surface area contributed by atoms with Crippen molar-refractivity contribution in [3.05, 3.63) is 70.8 Å². The predicted octanol–water partition coefficient (Wildman–Crippen LogP) is 6.20. The SMILES string of the molecule is CCc1cccc(C2CC(c3ccccc3)=NC2C(C)(C)C)c1CC. The number of aryl methyl sites for hydroxylation is 1. The molecule has 2 unspecified atom stereocenters. The Bertz CT molecular complexity index is 749. The van der Waals surface area contributed by atoms with Crippen LogP contribution in [0.5, 0.6) is 0 Å². The van der Waals surface area contributed by atoms with Gasteiger partial charge in [0.05, 0.1) is 6.04 Å². The lowest BCUT2D eigenvalue weighted by Crippen LogP contribution is -2.28. The summed E-state index contributed by atoms with van der Waals surface area (Å²) in [5.74, 6) is 0.483. The Kier molecular flexibility index (Phi) is 5.13. The van der Waals surface area contributed by atoms with E-state index in [0.717, 1.165) is 19.3 Å². The molecule has 3 rings (SSSR count).